The molecule has 1 fully saturated rings. The van der Waals surface area contributed by atoms with Crippen molar-refractivity contribution >= 4 is 11.7 Å². The van der Waals surface area contributed by atoms with Crippen LogP contribution in [0.3, 0.4) is 0 Å². The highest BCUT2D eigenvalue weighted by Crippen LogP contribution is 2.39. The number of halogens is 3. The van der Waals surface area contributed by atoms with Crippen LogP contribution in [0.4, 0.5) is 18.9 Å². The Kier molecular flexibility index (Phi) is 4.28. The molecule has 0 saturated carbocycles. The molecule has 1 aliphatic heterocycles. The van der Waals surface area contributed by atoms with Gasteiger partial charge in [-0.15, -0.1) is 0 Å². The van der Waals surface area contributed by atoms with Crippen LogP contribution in [0.25, 0.3) is 11.3 Å². The Balaban J connectivity index is 2.07. The second-order valence-electron chi connectivity index (χ2n) is 5.85. The van der Waals surface area contributed by atoms with E-state index in [9.17, 15) is 22.8 Å². The average molecular weight is 352 g/mol. The van der Waals surface area contributed by atoms with E-state index < -0.39 is 28.7 Å². The maximum Gasteiger partial charge on any atom is 0.418 e. The Morgan fingerprint density at radius 1 is 1.16 bits per heavy atom. The number of nitrogens with one attached hydrogen (secondary N) is 1. The van der Waals surface area contributed by atoms with Crippen LogP contribution in [-0.2, 0) is 6.18 Å². The van der Waals surface area contributed by atoms with Crippen LogP contribution in [0, 0.1) is 0 Å². The lowest BCUT2D eigenvalue weighted by Crippen LogP contribution is -2.22. The monoisotopic (exact) mass is 352 g/mol. The third kappa shape index (κ3) is 3.38. The number of aromatic nitrogens is 1. The average Bonchev–Trinajstić information content (AvgIpc) is 3.07. The number of hydrogen-bond donors (Lipinski definition) is 2. The topological polar surface area (TPSA) is 73.4 Å². The van der Waals surface area contributed by atoms with Crippen molar-refractivity contribution in [1.82, 2.24) is 4.98 Å². The van der Waals surface area contributed by atoms with E-state index in [4.69, 9.17) is 5.11 Å². The lowest BCUT2D eigenvalue weighted by molar-refractivity contribution is -0.137. The van der Waals surface area contributed by atoms with Gasteiger partial charge in [-0.1, -0.05) is 6.07 Å². The molecule has 1 aromatic carbocycles. The summed E-state index contributed by atoms with van der Waals surface area (Å²) in [5.74, 6) is -1.40. The lowest BCUT2D eigenvalue weighted by atomic mass is 10.0. The van der Waals surface area contributed by atoms with Crippen molar-refractivity contribution in [3.8, 4) is 11.3 Å². The summed E-state index contributed by atoms with van der Waals surface area (Å²) < 4.78 is 40.4. The van der Waals surface area contributed by atoms with Gasteiger partial charge in [-0.3, -0.25) is 4.79 Å². The van der Waals surface area contributed by atoms with E-state index in [1.54, 1.807) is 4.90 Å². The van der Waals surface area contributed by atoms with Crippen molar-refractivity contribution in [3.63, 3.8) is 0 Å². The highest BCUT2D eigenvalue weighted by molar-refractivity contribution is 5.87. The highest BCUT2D eigenvalue weighted by Gasteiger charge is 2.35. The van der Waals surface area contributed by atoms with Crippen molar-refractivity contribution in [2.45, 2.75) is 19.0 Å². The number of nitrogens with zero attached hydrogens (tertiary/aromatic N) is 1. The maximum atomic E-state index is 13.5. The minimum atomic E-state index is -4.53. The van der Waals surface area contributed by atoms with Gasteiger partial charge in [0.15, 0.2) is 5.43 Å². The van der Waals surface area contributed by atoms with Crippen LogP contribution in [0.2, 0.25) is 0 Å². The standard InChI is InChI=1S/C17H15F3N2O3/c18-17(19,20)12-7-10(3-4-14(12)22-5-1-2-6-22)13-8-15(23)11(9-21-13)16(24)25/h3-4,7-9H,1-2,5-6H2,(H,21,23)(H,24,25). The van der Waals surface area contributed by atoms with Gasteiger partial charge < -0.3 is 15.0 Å². The molecular weight excluding hydrogens is 337 g/mol. The zero-order valence-electron chi connectivity index (χ0n) is 13.1. The number of hydrogen-bond acceptors (Lipinski definition) is 3. The number of rotatable bonds is 3. The molecule has 8 heteroatoms. The molecule has 0 atom stereocenters. The number of carbonyl (C=O) groups is 1. The molecule has 0 bridgehead atoms. The summed E-state index contributed by atoms with van der Waals surface area (Å²) >= 11 is 0. The van der Waals surface area contributed by atoms with Gasteiger partial charge >= 0.3 is 12.1 Å². The van der Waals surface area contributed by atoms with Crippen LogP contribution in [0.15, 0.2) is 35.3 Å². The molecule has 0 aliphatic carbocycles. The molecule has 1 aromatic heterocycles. The minimum absolute atomic E-state index is 0.123. The number of alkyl halides is 3. The fraction of sp³-hybridized carbons (Fsp3) is 0.294. The normalized spacial score (nSPS) is 14.8. The predicted molar refractivity (Wildman–Crippen MR) is 85.9 cm³/mol. The SMILES string of the molecule is O=C(O)c1c[nH]c(-c2ccc(N3CCCC3)c(C(F)(F)F)c2)cc1=O. The summed E-state index contributed by atoms with van der Waals surface area (Å²) in [7, 11) is 0. The number of aromatic amines is 1. The lowest BCUT2D eigenvalue weighted by Gasteiger charge is -2.23. The summed E-state index contributed by atoms with van der Waals surface area (Å²) in [6, 6.07) is 4.87. The fourth-order valence-electron chi connectivity index (χ4n) is 2.97. The van der Waals surface area contributed by atoms with Crippen molar-refractivity contribution < 1.29 is 23.1 Å². The van der Waals surface area contributed by atoms with Gasteiger partial charge in [-0.25, -0.2) is 4.79 Å². The van der Waals surface area contributed by atoms with Crippen LogP contribution in [-0.4, -0.2) is 29.1 Å². The van der Waals surface area contributed by atoms with Crippen LogP contribution < -0.4 is 10.3 Å². The van der Waals surface area contributed by atoms with Gasteiger partial charge in [0.2, 0.25) is 0 Å². The molecule has 0 unspecified atom stereocenters. The van der Waals surface area contributed by atoms with Crippen molar-refractivity contribution in [2.24, 2.45) is 0 Å². The first kappa shape index (κ1) is 17.1. The van der Waals surface area contributed by atoms with E-state index in [-0.39, 0.29) is 16.9 Å². The number of aromatic carboxylic acids is 1. The Morgan fingerprint density at radius 3 is 2.40 bits per heavy atom. The van der Waals surface area contributed by atoms with Crippen molar-refractivity contribution in [2.75, 3.05) is 18.0 Å². The Bertz CT molecular complexity index is 868. The van der Waals surface area contributed by atoms with Gasteiger partial charge in [0.05, 0.1) is 5.56 Å². The highest BCUT2D eigenvalue weighted by atomic mass is 19.4. The molecule has 1 aliphatic rings. The number of pyridine rings is 1. The molecule has 25 heavy (non-hydrogen) atoms. The summed E-state index contributed by atoms with van der Waals surface area (Å²) in [4.78, 5) is 26.9. The van der Waals surface area contributed by atoms with E-state index >= 15 is 0 Å². The van der Waals surface area contributed by atoms with Gasteiger partial charge in [-0.2, -0.15) is 13.2 Å². The predicted octanol–water partition coefficient (Wildman–Crippen LogP) is 3.36. The molecule has 2 aromatic rings. The van der Waals surface area contributed by atoms with Crippen LogP contribution in [0.5, 0.6) is 0 Å². The number of benzene rings is 1. The quantitative estimate of drug-likeness (QED) is 0.888. The first-order valence-electron chi connectivity index (χ1n) is 7.70. The molecule has 1 saturated heterocycles. The molecule has 3 rings (SSSR count). The largest absolute Gasteiger partial charge is 0.477 e. The van der Waals surface area contributed by atoms with Gasteiger partial charge in [-0.05, 0) is 30.5 Å². The number of H-pyrrole nitrogens is 1. The second-order valence-corrected chi connectivity index (χ2v) is 5.85. The van der Waals surface area contributed by atoms with Crippen molar-refractivity contribution in [3.05, 3.63) is 51.8 Å². The zero-order valence-corrected chi connectivity index (χ0v) is 13.1. The third-order valence-corrected chi connectivity index (χ3v) is 4.20. The van der Waals surface area contributed by atoms with E-state index in [1.807, 2.05) is 0 Å². The number of carboxylic acid groups (broad SMARTS) is 1. The fourth-order valence-corrected chi connectivity index (χ4v) is 2.97. The minimum Gasteiger partial charge on any atom is -0.477 e. The van der Waals surface area contributed by atoms with Gasteiger partial charge in [0, 0.05) is 36.7 Å². The van der Waals surface area contributed by atoms with E-state index in [2.05, 4.69) is 4.98 Å². The summed E-state index contributed by atoms with van der Waals surface area (Å²) in [6.45, 7) is 1.15. The molecule has 0 amide bonds. The Morgan fingerprint density at radius 2 is 1.84 bits per heavy atom. The van der Waals surface area contributed by atoms with E-state index in [0.29, 0.717) is 13.1 Å². The molecule has 0 radical (unpaired) electrons. The van der Waals surface area contributed by atoms with Crippen LogP contribution >= 0.6 is 0 Å². The maximum absolute atomic E-state index is 13.5. The molecule has 2 heterocycles. The van der Waals surface area contributed by atoms with Gasteiger partial charge in [0.1, 0.15) is 5.56 Å². The first-order chi connectivity index (χ1) is 11.8. The number of anilines is 1. The molecular formula is C17H15F3N2O3. The Labute approximate surface area is 140 Å². The second kappa shape index (κ2) is 6.27. The first-order valence-corrected chi connectivity index (χ1v) is 7.70. The molecule has 5 nitrogen and oxygen atoms in total. The summed E-state index contributed by atoms with van der Waals surface area (Å²) in [6.07, 6.45) is -1.84. The third-order valence-electron chi connectivity index (χ3n) is 4.20. The molecule has 0 spiro atoms. The van der Waals surface area contributed by atoms with E-state index in [1.165, 1.54) is 12.1 Å². The zero-order chi connectivity index (χ0) is 18.2. The van der Waals surface area contributed by atoms with Crippen molar-refractivity contribution in [1.29, 1.82) is 0 Å². The molecule has 2 N–H and O–H groups in total. The smallest absolute Gasteiger partial charge is 0.418 e. The van der Waals surface area contributed by atoms with Crippen LogP contribution in [0.1, 0.15) is 28.8 Å². The van der Waals surface area contributed by atoms with E-state index in [0.717, 1.165) is 31.2 Å². The Hall–Kier alpha value is -2.77. The van der Waals surface area contributed by atoms with Gasteiger partial charge in [0.25, 0.3) is 0 Å². The summed E-state index contributed by atoms with van der Waals surface area (Å²) in [5, 5.41) is 8.86. The number of carboxylic acids is 1. The molecule has 132 valence electrons. The summed E-state index contributed by atoms with van der Waals surface area (Å²) in [5.41, 5.74) is -1.57.